The largest absolute Gasteiger partial charge is 0.424 e. The molecule has 0 aliphatic rings. The first-order chi connectivity index (χ1) is 13.5. The summed E-state index contributed by atoms with van der Waals surface area (Å²) in [4.78, 5) is 29.8. The molecule has 0 atom stereocenters. The van der Waals surface area contributed by atoms with Crippen molar-refractivity contribution < 1.29 is 22.7 Å². The van der Waals surface area contributed by atoms with Crippen LogP contribution in [0.1, 0.15) is 28.7 Å². The zero-order valence-electron chi connectivity index (χ0n) is 16.8. The molecule has 0 fully saturated rings. The molecule has 29 heavy (non-hydrogen) atoms. The summed E-state index contributed by atoms with van der Waals surface area (Å²) in [5.41, 5.74) is 1.45. The van der Waals surface area contributed by atoms with Crippen LogP contribution in [0.5, 0.6) is 5.75 Å². The first-order valence-corrected chi connectivity index (χ1v) is 10.2. The number of carbonyl (C=O) groups is 2. The molecule has 0 saturated carbocycles. The highest BCUT2D eigenvalue weighted by atomic mass is 32.2. The van der Waals surface area contributed by atoms with Gasteiger partial charge in [0.25, 0.3) is 15.9 Å². The van der Waals surface area contributed by atoms with Gasteiger partial charge in [0.2, 0.25) is 0 Å². The highest BCUT2D eigenvalue weighted by Gasteiger charge is 2.26. The van der Waals surface area contributed by atoms with Gasteiger partial charge in [-0.05, 0) is 38.1 Å². The fraction of sp³-hybridized carbons (Fsp3) is 0.250. The third kappa shape index (κ3) is 3.73. The third-order valence-corrected chi connectivity index (χ3v) is 6.12. The average Bonchev–Trinajstić information content (AvgIpc) is 2.97. The number of aryl methyl sites for hydroxylation is 2. The first-order valence-electron chi connectivity index (χ1n) is 8.78. The third-order valence-electron chi connectivity index (χ3n) is 4.31. The van der Waals surface area contributed by atoms with Gasteiger partial charge in [-0.15, -0.1) is 0 Å². The summed E-state index contributed by atoms with van der Waals surface area (Å²) in [6.45, 7) is 4.62. The first kappa shape index (κ1) is 20.5. The fourth-order valence-corrected chi connectivity index (χ4v) is 4.45. The topological polar surface area (TPSA) is 98.6 Å². The van der Waals surface area contributed by atoms with Gasteiger partial charge in [0.15, 0.2) is 5.75 Å². The second-order valence-corrected chi connectivity index (χ2v) is 8.66. The maximum atomic E-state index is 13.3. The van der Waals surface area contributed by atoms with E-state index in [0.29, 0.717) is 0 Å². The van der Waals surface area contributed by atoms with Crippen LogP contribution < -0.4 is 4.74 Å². The number of esters is 1. The van der Waals surface area contributed by atoms with Crippen LogP contribution in [0.15, 0.2) is 41.3 Å². The molecule has 0 spiro atoms. The number of aromatic nitrogens is 2. The van der Waals surface area contributed by atoms with Gasteiger partial charge in [-0.1, -0.05) is 17.7 Å². The minimum absolute atomic E-state index is 0.0288. The molecule has 1 aromatic heterocycles. The van der Waals surface area contributed by atoms with Gasteiger partial charge < -0.3 is 9.64 Å². The molecule has 0 aliphatic heterocycles. The summed E-state index contributed by atoms with van der Waals surface area (Å²) in [7, 11) is -0.843. The Bertz CT molecular complexity index is 1230. The van der Waals surface area contributed by atoms with Crippen molar-refractivity contribution in [3.05, 3.63) is 53.3 Å². The molecule has 0 radical (unpaired) electrons. The Kier molecular flexibility index (Phi) is 5.18. The maximum Gasteiger partial charge on any atom is 0.308 e. The van der Waals surface area contributed by atoms with Gasteiger partial charge >= 0.3 is 5.97 Å². The van der Waals surface area contributed by atoms with Crippen molar-refractivity contribution in [1.82, 2.24) is 13.9 Å². The van der Waals surface area contributed by atoms with E-state index < -0.39 is 16.0 Å². The molecular formula is C20H21N3O5S. The van der Waals surface area contributed by atoms with Crippen LogP contribution in [0.25, 0.3) is 11.0 Å². The van der Waals surface area contributed by atoms with E-state index in [1.165, 1.54) is 43.0 Å². The Morgan fingerprint density at radius 1 is 1.07 bits per heavy atom. The quantitative estimate of drug-likeness (QED) is 0.480. The number of ether oxygens (including phenoxy) is 1. The van der Waals surface area contributed by atoms with E-state index in [1.807, 2.05) is 6.92 Å². The van der Waals surface area contributed by atoms with E-state index in [9.17, 15) is 18.0 Å². The summed E-state index contributed by atoms with van der Waals surface area (Å²) in [6, 6.07) is 9.26. The lowest BCUT2D eigenvalue weighted by Crippen LogP contribution is -2.22. The Balaban J connectivity index is 2.34. The molecule has 1 amide bonds. The number of imidazole rings is 1. The van der Waals surface area contributed by atoms with Gasteiger partial charge in [0, 0.05) is 26.6 Å². The molecule has 0 aliphatic carbocycles. The lowest BCUT2D eigenvalue weighted by molar-refractivity contribution is -0.131. The smallest absolute Gasteiger partial charge is 0.308 e. The lowest BCUT2D eigenvalue weighted by atomic mass is 10.1. The van der Waals surface area contributed by atoms with E-state index >= 15 is 0 Å². The molecule has 9 heteroatoms. The number of hydrogen-bond donors (Lipinski definition) is 0. The van der Waals surface area contributed by atoms with Crippen molar-refractivity contribution in [2.75, 3.05) is 14.1 Å². The van der Waals surface area contributed by atoms with Crippen LogP contribution in [0.3, 0.4) is 0 Å². The summed E-state index contributed by atoms with van der Waals surface area (Å²) >= 11 is 0. The molecule has 3 aromatic rings. The zero-order valence-corrected chi connectivity index (χ0v) is 17.6. The minimum Gasteiger partial charge on any atom is -0.424 e. The number of benzene rings is 2. The van der Waals surface area contributed by atoms with Crippen molar-refractivity contribution in [3.8, 4) is 5.75 Å². The van der Waals surface area contributed by atoms with Crippen molar-refractivity contribution in [2.24, 2.45) is 0 Å². The number of amides is 1. The summed E-state index contributed by atoms with van der Waals surface area (Å²) in [5, 5.41) is 0. The predicted octanol–water partition coefficient (Wildman–Crippen LogP) is 2.52. The number of rotatable bonds is 4. The monoisotopic (exact) mass is 415 g/mol. The van der Waals surface area contributed by atoms with Crippen LogP contribution >= 0.6 is 0 Å². The van der Waals surface area contributed by atoms with Gasteiger partial charge in [0.1, 0.15) is 11.3 Å². The maximum absolute atomic E-state index is 13.3. The van der Waals surface area contributed by atoms with E-state index in [4.69, 9.17) is 4.74 Å². The molecule has 1 heterocycles. The van der Waals surface area contributed by atoms with Crippen LogP contribution in [0.4, 0.5) is 0 Å². The predicted molar refractivity (Wildman–Crippen MR) is 108 cm³/mol. The number of hydrogen-bond acceptors (Lipinski definition) is 6. The molecule has 0 bridgehead atoms. The number of fused-ring (bicyclic) bond motifs is 1. The highest BCUT2D eigenvalue weighted by Crippen LogP contribution is 2.31. The summed E-state index contributed by atoms with van der Waals surface area (Å²) in [6.07, 6.45) is 0. The Hall–Kier alpha value is -3.20. The van der Waals surface area contributed by atoms with E-state index in [2.05, 4.69) is 4.98 Å². The SMILES string of the molecule is CC(=O)Oc1cc(C(=O)N(C)C)cc2c1nc(C)n2S(=O)(=O)c1ccc(C)cc1. The van der Waals surface area contributed by atoms with Crippen molar-refractivity contribution in [1.29, 1.82) is 0 Å². The van der Waals surface area contributed by atoms with Crippen LogP contribution in [-0.4, -0.2) is 48.2 Å². The van der Waals surface area contributed by atoms with Crippen molar-refractivity contribution in [2.45, 2.75) is 25.7 Å². The molecule has 152 valence electrons. The molecule has 2 aromatic carbocycles. The van der Waals surface area contributed by atoms with E-state index in [0.717, 1.165) is 9.54 Å². The molecular weight excluding hydrogens is 394 g/mol. The lowest BCUT2D eigenvalue weighted by Gasteiger charge is -2.13. The minimum atomic E-state index is -3.99. The molecule has 3 rings (SSSR count). The van der Waals surface area contributed by atoms with Gasteiger partial charge in [-0.2, -0.15) is 0 Å². The molecule has 0 saturated heterocycles. The summed E-state index contributed by atoms with van der Waals surface area (Å²) in [5.74, 6) is -0.752. The van der Waals surface area contributed by atoms with E-state index in [1.54, 1.807) is 26.2 Å². The van der Waals surface area contributed by atoms with Gasteiger partial charge in [-0.3, -0.25) is 9.59 Å². The Morgan fingerprint density at radius 3 is 2.24 bits per heavy atom. The van der Waals surface area contributed by atoms with Crippen LogP contribution in [-0.2, 0) is 14.8 Å². The molecule has 0 unspecified atom stereocenters. The number of nitrogens with zero attached hydrogens (tertiary/aromatic N) is 3. The van der Waals surface area contributed by atoms with Crippen LogP contribution in [0.2, 0.25) is 0 Å². The second-order valence-electron chi connectivity index (χ2n) is 6.88. The van der Waals surface area contributed by atoms with Gasteiger partial charge in [0.05, 0.1) is 10.4 Å². The second kappa shape index (κ2) is 7.32. The summed E-state index contributed by atoms with van der Waals surface area (Å²) < 4.78 is 32.9. The van der Waals surface area contributed by atoms with Crippen LogP contribution in [0, 0.1) is 13.8 Å². The zero-order chi connectivity index (χ0) is 21.5. The molecule has 8 nitrogen and oxygen atoms in total. The average molecular weight is 415 g/mol. The van der Waals surface area contributed by atoms with Crippen molar-refractivity contribution >= 4 is 32.9 Å². The highest BCUT2D eigenvalue weighted by molar-refractivity contribution is 7.90. The normalized spacial score (nSPS) is 11.5. The van der Waals surface area contributed by atoms with Crippen molar-refractivity contribution in [3.63, 3.8) is 0 Å². The van der Waals surface area contributed by atoms with E-state index in [-0.39, 0.29) is 39.0 Å². The number of carbonyl (C=O) groups excluding carboxylic acids is 2. The van der Waals surface area contributed by atoms with Gasteiger partial charge in [-0.25, -0.2) is 17.4 Å². The molecule has 0 N–H and O–H groups in total. The standard InChI is InChI=1S/C20H21N3O5S/c1-12-6-8-16(9-7-12)29(26,27)23-13(2)21-19-17(23)10-15(20(25)22(4)5)11-18(19)28-14(3)24/h6-11H,1-5H3. The fourth-order valence-electron chi connectivity index (χ4n) is 2.98. The Labute approximate surface area is 168 Å². The Morgan fingerprint density at radius 2 is 1.69 bits per heavy atom.